The zero-order chi connectivity index (χ0) is 16.2. The molecule has 0 atom stereocenters. The van der Waals surface area contributed by atoms with Crippen molar-refractivity contribution < 1.29 is 0 Å². The number of aromatic nitrogens is 2. The topological polar surface area (TPSA) is 49.8 Å². The summed E-state index contributed by atoms with van der Waals surface area (Å²) in [4.78, 5) is 8.85. The van der Waals surface area contributed by atoms with Crippen LogP contribution in [0.25, 0.3) is 0 Å². The third-order valence-corrected chi connectivity index (χ3v) is 3.67. The van der Waals surface area contributed by atoms with Crippen LogP contribution < -0.4 is 10.6 Å². The molecule has 0 spiro atoms. The maximum Gasteiger partial charge on any atom is 0.229 e. The van der Waals surface area contributed by atoms with Gasteiger partial charge in [0.1, 0.15) is 5.82 Å². The van der Waals surface area contributed by atoms with E-state index < -0.39 is 0 Å². The molecule has 0 fully saturated rings. The van der Waals surface area contributed by atoms with Crippen molar-refractivity contribution in [1.82, 2.24) is 9.97 Å². The third-order valence-electron chi connectivity index (χ3n) is 3.09. The van der Waals surface area contributed by atoms with Crippen LogP contribution in [-0.2, 0) is 0 Å². The minimum absolute atomic E-state index is 0.502. The van der Waals surface area contributed by atoms with Gasteiger partial charge in [-0.2, -0.15) is 4.98 Å². The first-order chi connectivity index (χ1) is 11.1. The highest BCUT2D eigenvalue weighted by Crippen LogP contribution is 2.25. The second-order valence-electron chi connectivity index (χ2n) is 4.95. The standard InChI is InChI=1S/C17H14Cl2N4/c1-11-10-16(22-15-5-3-2-4-14(15)19)23-17(20-11)21-13-8-6-12(18)7-9-13/h2-10H,1H3,(H2,20,21,22,23). The molecule has 116 valence electrons. The van der Waals surface area contributed by atoms with Crippen LogP contribution in [0.2, 0.25) is 10.0 Å². The van der Waals surface area contributed by atoms with E-state index in [-0.39, 0.29) is 0 Å². The van der Waals surface area contributed by atoms with E-state index in [0.717, 1.165) is 17.1 Å². The van der Waals surface area contributed by atoms with Gasteiger partial charge in [0.25, 0.3) is 0 Å². The summed E-state index contributed by atoms with van der Waals surface area (Å²) in [5, 5.41) is 7.68. The lowest BCUT2D eigenvalue weighted by atomic mass is 10.3. The molecule has 1 heterocycles. The van der Waals surface area contributed by atoms with Crippen LogP contribution in [0, 0.1) is 6.92 Å². The number of para-hydroxylation sites is 1. The Labute approximate surface area is 144 Å². The smallest absolute Gasteiger partial charge is 0.229 e. The molecule has 0 aliphatic heterocycles. The number of benzene rings is 2. The summed E-state index contributed by atoms with van der Waals surface area (Å²) in [6.45, 7) is 1.91. The fourth-order valence-corrected chi connectivity index (χ4v) is 2.36. The Morgan fingerprint density at radius 2 is 1.61 bits per heavy atom. The highest BCUT2D eigenvalue weighted by Gasteiger charge is 2.05. The van der Waals surface area contributed by atoms with E-state index in [0.29, 0.717) is 21.8 Å². The van der Waals surface area contributed by atoms with E-state index in [4.69, 9.17) is 23.2 Å². The molecule has 0 aliphatic carbocycles. The van der Waals surface area contributed by atoms with E-state index in [1.165, 1.54) is 0 Å². The van der Waals surface area contributed by atoms with Gasteiger partial charge in [0.2, 0.25) is 5.95 Å². The number of halogens is 2. The Balaban J connectivity index is 1.84. The number of rotatable bonds is 4. The number of anilines is 4. The Morgan fingerprint density at radius 1 is 0.870 bits per heavy atom. The van der Waals surface area contributed by atoms with Crippen molar-refractivity contribution >= 4 is 46.3 Å². The minimum atomic E-state index is 0.502. The number of aryl methyl sites for hydroxylation is 1. The van der Waals surface area contributed by atoms with Crippen LogP contribution in [0.1, 0.15) is 5.69 Å². The fourth-order valence-electron chi connectivity index (χ4n) is 2.05. The van der Waals surface area contributed by atoms with E-state index in [2.05, 4.69) is 20.6 Å². The molecule has 2 N–H and O–H groups in total. The maximum atomic E-state index is 6.16. The number of nitrogens with one attached hydrogen (secondary N) is 2. The lowest BCUT2D eigenvalue weighted by Crippen LogP contribution is -2.02. The van der Waals surface area contributed by atoms with Crippen molar-refractivity contribution in [3.8, 4) is 0 Å². The summed E-state index contributed by atoms with van der Waals surface area (Å²) in [7, 11) is 0. The van der Waals surface area contributed by atoms with Crippen molar-refractivity contribution in [3.63, 3.8) is 0 Å². The van der Waals surface area contributed by atoms with Gasteiger partial charge >= 0.3 is 0 Å². The van der Waals surface area contributed by atoms with Gasteiger partial charge in [0, 0.05) is 22.5 Å². The van der Waals surface area contributed by atoms with Gasteiger partial charge in [-0.15, -0.1) is 0 Å². The van der Waals surface area contributed by atoms with Gasteiger partial charge in [0.05, 0.1) is 10.7 Å². The fraction of sp³-hybridized carbons (Fsp3) is 0.0588. The second kappa shape index (κ2) is 6.86. The summed E-state index contributed by atoms with van der Waals surface area (Å²) < 4.78 is 0. The van der Waals surface area contributed by atoms with Crippen molar-refractivity contribution in [1.29, 1.82) is 0 Å². The van der Waals surface area contributed by atoms with Gasteiger partial charge in [-0.1, -0.05) is 35.3 Å². The predicted molar refractivity (Wildman–Crippen MR) is 96.2 cm³/mol. The molecule has 0 radical (unpaired) electrons. The van der Waals surface area contributed by atoms with Crippen molar-refractivity contribution in [2.75, 3.05) is 10.6 Å². The quantitative estimate of drug-likeness (QED) is 0.648. The van der Waals surface area contributed by atoms with Gasteiger partial charge in [-0.05, 0) is 43.3 Å². The molecule has 23 heavy (non-hydrogen) atoms. The molecule has 6 heteroatoms. The average molecular weight is 345 g/mol. The molecule has 4 nitrogen and oxygen atoms in total. The largest absolute Gasteiger partial charge is 0.339 e. The van der Waals surface area contributed by atoms with Crippen molar-refractivity contribution in [2.45, 2.75) is 6.92 Å². The Kier molecular flexibility index (Phi) is 4.65. The Bertz CT molecular complexity index is 819. The van der Waals surface area contributed by atoms with Crippen LogP contribution in [0.4, 0.5) is 23.1 Å². The molecular weight excluding hydrogens is 331 g/mol. The molecule has 0 aliphatic rings. The molecule has 3 aromatic rings. The van der Waals surface area contributed by atoms with Crippen molar-refractivity contribution in [3.05, 3.63) is 70.3 Å². The molecular formula is C17H14Cl2N4. The molecule has 0 amide bonds. The molecule has 0 saturated heterocycles. The molecule has 0 bridgehead atoms. The normalized spacial score (nSPS) is 10.4. The minimum Gasteiger partial charge on any atom is -0.339 e. The zero-order valence-electron chi connectivity index (χ0n) is 12.3. The Morgan fingerprint density at radius 3 is 2.35 bits per heavy atom. The van der Waals surface area contributed by atoms with Gasteiger partial charge in [-0.25, -0.2) is 4.98 Å². The summed E-state index contributed by atoms with van der Waals surface area (Å²) in [5.41, 5.74) is 2.50. The van der Waals surface area contributed by atoms with Crippen LogP contribution in [0.3, 0.4) is 0 Å². The van der Waals surface area contributed by atoms with Crippen LogP contribution in [-0.4, -0.2) is 9.97 Å². The summed E-state index contributed by atoms with van der Waals surface area (Å²) in [5.74, 6) is 1.17. The highest BCUT2D eigenvalue weighted by atomic mass is 35.5. The first-order valence-electron chi connectivity index (χ1n) is 7.00. The summed E-state index contributed by atoms with van der Waals surface area (Å²) >= 11 is 12.1. The Hall–Kier alpha value is -2.30. The molecule has 2 aromatic carbocycles. The average Bonchev–Trinajstić information content (AvgIpc) is 2.51. The number of hydrogen-bond donors (Lipinski definition) is 2. The predicted octanol–water partition coefficient (Wildman–Crippen LogP) is 5.58. The van der Waals surface area contributed by atoms with Gasteiger partial charge in [-0.3, -0.25) is 0 Å². The van der Waals surface area contributed by atoms with Crippen LogP contribution in [0.5, 0.6) is 0 Å². The lowest BCUT2D eigenvalue weighted by molar-refractivity contribution is 1.11. The monoisotopic (exact) mass is 344 g/mol. The molecule has 3 rings (SSSR count). The second-order valence-corrected chi connectivity index (χ2v) is 5.80. The van der Waals surface area contributed by atoms with Crippen LogP contribution >= 0.6 is 23.2 Å². The van der Waals surface area contributed by atoms with Gasteiger partial charge in [0.15, 0.2) is 0 Å². The maximum absolute atomic E-state index is 6.16. The summed E-state index contributed by atoms with van der Waals surface area (Å²) in [6, 6.07) is 16.7. The molecule has 1 aromatic heterocycles. The summed E-state index contributed by atoms with van der Waals surface area (Å²) in [6.07, 6.45) is 0. The highest BCUT2D eigenvalue weighted by molar-refractivity contribution is 6.33. The molecule has 0 saturated carbocycles. The number of nitrogens with zero attached hydrogens (tertiary/aromatic N) is 2. The molecule has 0 unspecified atom stereocenters. The third kappa shape index (κ3) is 4.12. The zero-order valence-corrected chi connectivity index (χ0v) is 13.9. The van der Waals surface area contributed by atoms with E-state index in [1.807, 2.05) is 61.5 Å². The number of hydrogen-bond acceptors (Lipinski definition) is 4. The van der Waals surface area contributed by atoms with Gasteiger partial charge < -0.3 is 10.6 Å². The van der Waals surface area contributed by atoms with Crippen LogP contribution in [0.15, 0.2) is 54.6 Å². The van der Waals surface area contributed by atoms with E-state index in [1.54, 1.807) is 0 Å². The van der Waals surface area contributed by atoms with E-state index in [9.17, 15) is 0 Å². The first-order valence-corrected chi connectivity index (χ1v) is 7.75. The lowest BCUT2D eigenvalue weighted by Gasteiger charge is -2.11. The first kappa shape index (κ1) is 15.6. The van der Waals surface area contributed by atoms with E-state index >= 15 is 0 Å². The van der Waals surface area contributed by atoms with Crippen molar-refractivity contribution in [2.24, 2.45) is 0 Å². The SMILES string of the molecule is Cc1cc(Nc2ccccc2Cl)nc(Nc2ccc(Cl)cc2)n1.